The molecule has 0 aliphatic carbocycles. The third kappa shape index (κ3) is 9.50. The minimum atomic E-state index is -0.229. The Morgan fingerprint density at radius 2 is 0.843 bits per heavy atom. The van der Waals surface area contributed by atoms with Gasteiger partial charge in [-0.3, -0.25) is 4.99 Å². The lowest BCUT2D eigenvalue weighted by Gasteiger charge is -2.21. The van der Waals surface area contributed by atoms with Crippen molar-refractivity contribution in [2.45, 2.75) is 72.3 Å². The lowest BCUT2D eigenvalue weighted by molar-refractivity contribution is 0.557. The van der Waals surface area contributed by atoms with Crippen molar-refractivity contribution in [2.24, 2.45) is 9.98 Å². The number of nitrogens with zero attached hydrogens (tertiary/aromatic N) is 5. The lowest BCUT2D eigenvalue weighted by Crippen LogP contribution is -2.12. The van der Waals surface area contributed by atoms with Gasteiger partial charge < -0.3 is 4.42 Å². The predicted molar refractivity (Wildman–Crippen MR) is 292 cm³/mol. The van der Waals surface area contributed by atoms with E-state index in [4.69, 9.17) is 29.4 Å². The summed E-state index contributed by atoms with van der Waals surface area (Å²) >= 11 is 0. The summed E-state index contributed by atoms with van der Waals surface area (Å²) in [6, 6.07) is 67.3. The molecular weight excluding hydrogens is 855 g/mol. The average Bonchev–Trinajstić information content (AvgIpc) is 3.76. The van der Waals surface area contributed by atoms with E-state index in [1.807, 2.05) is 84.9 Å². The van der Waals surface area contributed by atoms with Crippen molar-refractivity contribution >= 4 is 33.5 Å². The van der Waals surface area contributed by atoms with Crippen LogP contribution < -0.4 is 0 Å². The van der Waals surface area contributed by atoms with Crippen LogP contribution in [0.2, 0.25) is 0 Å². The predicted octanol–water partition coefficient (Wildman–Crippen LogP) is 16.7. The van der Waals surface area contributed by atoms with E-state index in [-0.39, 0.29) is 16.9 Å². The van der Waals surface area contributed by atoms with Gasteiger partial charge in [0.05, 0.1) is 6.04 Å². The van der Waals surface area contributed by atoms with Gasteiger partial charge >= 0.3 is 0 Å². The quantitative estimate of drug-likeness (QED) is 0.107. The van der Waals surface area contributed by atoms with Gasteiger partial charge in [0.25, 0.3) is 0 Å². The monoisotopic (exact) mass is 911 g/mol. The maximum atomic E-state index is 7.12. The Bertz CT molecular complexity index is 3500. The van der Waals surface area contributed by atoms with Gasteiger partial charge in [-0.2, -0.15) is 0 Å². The van der Waals surface area contributed by atoms with Crippen LogP contribution in [0.5, 0.6) is 0 Å². The summed E-state index contributed by atoms with van der Waals surface area (Å²) < 4.78 is 7.12. The first-order valence-corrected chi connectivity index (χ1v) is 24.1. The number of benzene rings is 8. The Morgan fingerprint density at radius 3 is 1.36 bits per heavy atom. The number of rotatable bonds is 9. The summed E-state index contributed by atoms with van der Waals surface area (Å²) in [5.41, 5.74) is 14.8. The highest BCUT2D eigenvalue weighted by molar-refractivity contribution is 6.13. The van der Waals surface area contributed by atoms with E-state index in [1.165, 1.54) is 0 Å². The molecule has 1 unspecified atom stereocenters. The van der Waals surface area contributed by atoms with E-state index in [1.54, 1.807) is 0 Å². The molecule has 0 N–H and O–H groups in total. The minimum Gasteiger partial charge on any atom is -0.455 e. The zero-order valence-electron chi connectivity index (χ0n) is 41.2. The van der Waals surface area contributed by atoms with Gasteiger partial charge in [-0.15, -0.1) is 0 Å². The molecule has 8 aromatic carbocycles. The van der Waals surface area contributed by atoms with Crippen LogP contribution in [0.1, 0.15) is 89.2 Å². The second-order valence-corrected chi connectivity index (χ2v) is 20.2. The van der Waals surface area contributed by atoms with Gasteiger partial charge in [-0.05, 0) is 94.5 Å². The van der Waals surface area contributed by atoms with Crippen LogP contribution >= 0.6 is 0 Å². The first-order chi connectivity index (χ1) is 33.8. The molecule has 6 nitrogen and oxygen atoms in total. The molecule has 0 saturated carbocycles. The fraction of sp³-hybridized carbons (Fsp3) is 0.172. The Labute approximate surface area is 411 Å². The standard InChI is InChI=1S/C64H57N5O/c1-41(43-23-13-9-14-24-43)65-61(66-42(2)44-25-15-10-16-26-44)49-33-21-31-47(35-49)51-37-53-54-38-52(40-56(64(6,7)8)58(54)70-57(53)55(39-51)63(3,4)5)48-32-22-34-50(36-48)62-68-59(45-27-17-11-18-28-45)67-60(69-62)46-29-19-12-20-30-46/h9-41H,1-8H3. The fourth-order valence-electron chi connectivity index (χ4n) is 9.10. The number of hydrogen-bond acceptors (Lipinski definition) is 5. The van der Waals surface area contributed by atoms with E-state index in [9.17, 15) is 0 Å². The van der Waals surface area contributed by atoms with Crippen molar-refractivity contribution in [3.63, 3.8) is 0 Å². The van der Waals surface area contributed by atoms with E-state index in [0.717, 1.165) is 94.4 Å². The second kappa shape index (κ2) is 18.8. The van der Waals surface area contributed by atoms with E-state index in [2.05, 4.69) is 165 Å². The molecule has 10 aromatic rings. The Morgan fingerprint density at radius 1 is 0.429 bits per heavy atom. The van der Waals surface area contributed by atoms with Crippen LogP contribution in [0.25, 0.3) is 78.4 Å². The first-order valence-electron chi connectivity index (χ1n) is 24.1. The van der Waals surface area contributed by atoms with Crippen LogP contribution in [0, 0.1) is 0 Å². The molecule has 2 aromatic heterocycles. The zero-order valence-corrected chi connectivity index (χ0v) is 41.2. The second-order valence-electron chi connectivity index (χ2n) is 20.2. The molecule has 0 amide bonds. The number of aromatic nitrogens is 3. The van der Waals surface area contributed by atoms with Crippen molar-refractivity contribution in [1.82, 2.24) is 15.0 Å². The van der Waals surface area contributed by atoms with Crippen LogP contribution in [-0.2, 0) is 10.8 Å². The molecule has 0 spiro atoms. The average molecular weight is 912 g/mol. The van der Waals surface area contributed by atoms with Crippen LogP contribution in [0.3, 0.4) is 0 Å². The maximum Gasteiger partial charge on any atom is 0.164 e. The normalized spacial score (nSPS) is 13.0. The molecule has 0 saturated heterocycles. The van der Waals surface area contributed by atoms with Gasteiger partial charge in [0.15, 0.2) is 23.3 Å². The summed E-state index contributed by atoms with van der Waals surface area (Å²) in [6.45, 7) is 17.8. The summed E-state index contributed by atoms with van der Waals surface area (Å²) in [7, 11) is 0. The molecule has 344 valence electrons. The molecule has 2 heterocycles. The topological polar surface area (TPSA) is 76.5 Å². The third-order valence-corrected chi connectivity index (χ3v) is 13.0. The van der Waals surface area contributed by atoms with Crippen molar-refractivity contribution in [1.29, 1.82) is 0 Å². The maximum absolute atomic E-state index is 7.12. The molecule has 70 heavy (non-hydrogen) atoms. The summed E-state index contributed by atoms with van der Waals surface area (Å²) in [6.07, 6.45) is 0. The van der Waals surface area contributed by atoms with Gasteiger partial charge in [0.2, 0.25) is 0 Å². The molecule has 0 aliphatic heterocycles. The lowest BCUT2D eigenvalue weighted by atomic mass is 9.82. The highest BCUT2D eigenvalue weighted by Gasteiger charge is 2.27. The Hall–Kier alpha value is -8.09. The molecule has 0 aliphatic rings. The van der Waals surface area contributed by atoms with E-state index in [0.29, 0.717) is 23.3 Å². The summed E-state index contributed by atoms with van der Waals surface area (Å²) in [4.78, 5) is 25.6. The van der Waals surface area contributed by atoms with Crippen molar-refractivity contribution in [2.75, 3.05) is 0 Å². The molecule has 0 bridgehead atoms. The fourth-order valence-corrected chi connectivity index (χ4v) is 9.10. The number of aliphatic imine (C=N–C) groups is 2. The van der Waals surface area contributed by atoms with E-state index < -0.39 is 0 Å². The molecule has 0 fully saturated rings. The minimum absolute atomic E-state index is 0.101. The van der Waals surface area contributed by atoms with Crippen LogP contribution in [0.4, 0.5) is 0 Å². The van der Waals surface area contributed by atoms with Crippen LogP contribution in [0.15, 0.2) is 209 Å². The van der Waals surface area contributed by atoms with Gasteiger partial charge in [0.1, 0.15) is 11.2 Å². The SMILES string of the molecule is CC(=NC(=NC(C)c1ccccc1)c1cccc(-c2cc(C(C)(C)C)c3oc4c(C(C)(C)C)cc(-c5cccc(-c6nc(-c7ccccc7)nc(-c7ccccc7)n6)c5)cc4c3c2)c1)c1ccccc1. The highest BCUT2D eigenvalue weighted by atomic mass is 16.3. The Kier molecular flexibility index (Phi) is 12.3. The van der Waals surface area contributed by atoms with Gasteiger partial charge in [-0.1, -0.05) is 199 Å². The molecule has 10 rings (SSSR count). The highest BCUT2D eigenvalue weighted by Crippen LogP contribution is 2.45. The van der Waals surface area contributed by atoms with Gasteiger partial charge in [0, 0.05) is 49.9 Å². The molecule has 6 heteroatoms. The van der Waals surface area contributed by atoms with Gasteiger partial charge in [-0.25, -0.2) is 19.9 Å². The van der Waals surface area contributed by atoms with Crippen molar-refractivity contribution < 1.29 is 4.42 Å². The third-order valence-electron chi connectivity index (χ3n) is 13.0. The largest absolute Gasteiger partial charge is 0.455 e. The molecule has 1 atom stereocenters. The first kappa shape index (κ1) is 45.7. The smallest absolute Gasteiger partial charge is 0.164 e. The zero-order chi connectivity index (χ0) is 48.6. The number of hydrogen-bond donors (Lipinski definition) is 0. The van der Waals surface area contributed by atoms with E-state index >= 15 is 0 Å². The van der Waals surface area contributed by atoms with Crippen LogP contribution in [-0.4, -0.2) is 26.5 Å². The van der Waals surface area contributed by atoms with Crippen molar-refractivity contribution in [3.05, 3.63) is 222 Å². The number of amidine groups is 1. The number of fused-ring (bicyclic) bond motifs is 3. The summed E-state index contributed by atoms with van der Waals surface area (Å²) in [5.74, 6) is 2.57. The molecular formula is C64H57N5O. The summed E-state index contributed by atoms with van der Waals surface area (Å²) in [5, 5.41) is 2.15. The molecule has 0 radical (unpaired) electrons. The Balaban J connectivity index is 1.12. The number of furan rings is 1. The van der Waals surface area contributed by atoms with Crippen molar-refractivity contribution in [3.8, 4) is 56.4 Å².